The topological polar surface area (TPSA) is 42.5 Å². The maximum atomic E-state index is 17.1. The quantitative estimate of drug-likeness (QED) is 0.149. The van der Waals surface area contributed by atoms with Crippen molar-refractivity contribution < 1.29 is 13.2 Å². The minimum Gasteiger partial charge on any atom is -0.309 e. The number of aromatic nitrogens is 7. The Balaban J connectivity index is 0.903. The molecule has 0 bridgehead atoms. The highest BCUT2D eigenvalue weighted by molar-refractivity contribution is 6.17. The van der Waals surface area contributed by atoms with Gasteiger partial charge in [0.1, 0.15) is 0 Å². The number of hydrogen-bond donors (Lipinski definition) is 0. The zero-order valence-electron chi connectivity index (χ0n) is 53.4. The predicted octanol–water partition coefficient (Wildman–Crippen LogP) is 24.0. The van der Waals surface area contributed by atoms with Crippen LogP contribution in [-0.2, 0) is 6.18 Å². The molecule has 0 amide bonds. The molecule has 7 nitrogen and oxygen atoms in total. The fraction of sp³-hybridized carbons (Fsp3) is 0.0111. The van der Waals surface area contributed by atoms with Crippen LogP contribution in [-0.4, -0.2) is 32.4 Å². The van der Waals surface area contributed by atoms with E-state index < -0.39 is 11.7 Å². The van der Waals surface area contributed by atoms with E-state index in [0.717, 1.165) is 159 Å². The van der Waals surface area contributed by atoms with Gasteiger partial charge in [-0.2, -0.15) is 13.2 Å². The maximum Gasteiger partial charge on any atom is 0.417 e. The molecule has 0 saturated carbocycles. The molecule has 0 aliphatic carbocycles. The first-order chi connectivity index (χ1) is 49.3. The number of hydrogen-bond acceptors (Lipinski definition) is 1. The van der Waals surface area contributed by atoms with Crippen LogP contribution in [0, 0.1) is 0 Å². The van der Waals surface area contributed by atoms with E-state index in [2.05, 4.69) is 294 Å². The van der Waals surface area contributed by atoms with Crippen LogP contribution in [0.25, 0.3) is 187 Å². The number of halogens is 3. The van der Waals surface area contributed by atoms with Crippen molar-refractivity contribution in [2.45, 2.75) is 6.18 Å². The van der Waals surface area contributed by atoms with E-state index in [9.17, 15) is 0 Å². The first-order valence-electron chi connectivity index (χ1n) is 33.7. The molecule has 7 heterocycles. The number of benzene rings is 14. The number of alkyl halides is 3. The molecule has 21 rings (SSSR count). The van der Waals surface area contributed by atoms with Crippen LogP contribution in [0.2, 0.25) is 0 Å². The Hall–Kier alpha value is -13.2. The molecule has 100 heavy (non-hydrogen) atoms. The van der Waals surface area contributed by atoms with E-state index >= 15 is 13.2 Å². The van der Waals surface area contributed by atoms with Gasteiger partial charge < -0.3 is 27.4 Å². The zero-order valence-corrected chi connectivity index (χ0v) is 53.4. The summed E-state index contributed by atoms with van der Waals surface area (Å²) in [5, 5.41) is 12.6. The zero-order chi connectivity index (χ0) is 66.1. The smallest absolute Gasteiger partial charge is 0.309 e. The lowest BCUT2D eigenvalue weighted by atomic mass is 9.99. The van der Waals surface area contributed by atoms with Crippen molar-refractivity contribution in [3.8, 4) is 56.6 Å². The van der Waals surface area contributed by atoms with Crippen LogP contribution >= 0.6 is 0 Å². The Kier molecular flexibility index (Phi) is 11.9. The second-order valence-electron chi connectivity index (χ2n) is 26.1. The van der Waals surface area contributed by atoms with Gasteiger partial charge in [0.05, 0.1) is 94.5 Å². The van der Waals surface area contributed by atoms with Gasteiger partial charge in [-0.1, -0.05) is 182 Å². The van der Waals surface area contributed by atoms with Gasteiger partial charge in [0.15, 0.2) is 0 Å². The molecule has 14 aromatic carbocycles. The summed E-state index contributed by atoms with van der Waals surface area (Å²) in [6, 6.07) is 112. The highest BCUT2D eigenvalue weighted by Gasteiger charge is 2.37. The van der Waals surface area contributed by atoms with Crippen molar-refractivity contribution >= 4 is 131 Å². The molecule has 0 saturated heterocycles. The summed E-state index contributed by atoms with van der Waals surface area (Å²) in [6.07, 6.45) is -4.85. The van der Waals surface area contributed by atoms with Crippen LogP contribution < -0.4 is 0 Å². The number of fused-ring (bicyclic) bond motifs is 18. The number of pyridine rings is 1. The molecule has 0 unspecified atom stereocenters. The van der Waals surface area contributed by atoms with Crippen LogP contribution in [0.3, 0.4) is 0 Å². The van der Waals surface area contributed by atoms with E-state index in [1.54, 1.807) is 12.1 Å². The average molecular weight is 1290 g/mol. The van der Waals surface area contributed by atoms with Gasteiger partial charge in [0.2, 0.25) is 0 Å². The van der Waals surface area contributed by atoms with Gasteiger partial charge in [-0.3, -0.25) is 0 Å². The third-order valence-corrected chi connectivity index (χ3v) is 20.8. The lowest BCUT2D eigenvalue weighted by molar-refractivity contribution is -0.137. The van der Waals surface area contributed by atoms with Crippen LogP contribution in [0.15, 0.2) is 328 Å². The standard InChI is InChI=1S/C90H54F3N7/c91-90(92,93)73-54-89(100-86-47-43-58(97-80-37-16-8-27-64(80)65-28-9-17-38-81(65)97)51-70(86)71-52-59(44-48-87(71)100)98-82-39-18-10-29-66(82)67-30-11-19-40-83(67)98)88(53-72(73)75-32-20-31-74(94-75)55-21-2-1-3-22-55)99-84-45-41-56(95-76-33-12-4-23-60(76)61-24-5-13-34-77(61)95)49-68(84)69-50-57(42-46-85(69)99)96-78-35-14-6-25-62(78)63-26-7-15-36-79(63)96/h1-54H. The molecule has 10 heteroatoms. The molecular formula is C90H54F3N7. The monoisotopic (exact) mass is 1290 g/mol. The lowest BCUT2D eigenvalue weighted by Gasteiger charge is -2.22. The average Bonchev–Trinajstić information content (AvgIpc) is 1.53. The van der Waals surface area contributed by atoms with Gasteiger partial charge in [0, 0.05) is 98.5 Å². The fourth-order valence-electron chi connectivity index (χ4n) is 16.6. The molecule has 0 radical (unpaired) electrons. The van der Waals surface area contributed by atoms with E-state index in [-0.39, 0.29) is 11.3 Å². The van der Waals surface area contributed by atoms with Crippen LogP contribution in [0.5, 0.6) is 0 Å². The second-order valence-corrected chi connectivity index (χ2v) is 26.1. The van der Waals surface area contributed by atoms with Crippen LogP contribution in [0.1, 0.15) is 5.56 Å². The summed E-state index contributed by atoms with van der Waals surface area (Å²) in [7, 11) is 0. The summed E-state index contributed by atoms with van der Waals surface area (Å²) in [5.74, 6) is 0. The maximum absolute atomic E-state index is 17.1. The van der Waals surface area contributed by atoms with Gasteiger partial charge in [-0.25, -0.2) is 4.98 Å². The Bertz CT molecular complexity index is 6480. The SMILES string of the molecule is FC(F)(F)c1cc(-n2c3ccc(-n4c5ccccc5c5ccccc54)cc3c3cc(-n4c5ccccc5c5ccccc54)ccc32)c(-n2c3ccc(-n4c5ccccc5c5ccccc54)cc3c3cc(-n4c5ccccc5c5ccccc54)ccc32)cc1-c1cccc(-c2ccccc2)n1. The molecule has 470 valence electrons. The highest BCUT2D eigenvalue weighted by Crippen LogP contribution is 2.48. The van der Waals surface area contributed by atoms with Crippen molar-refractivity contribution in [2.75, 3.05) is 0 Å². The van der Waals surface area contributed by atoms with E-state index in [0.29, 0.717) is 17.1 Å². The summed E-state index contributed by atoms with van der Waals surface area (Å²) in [4.78, 5) is 5.13. The number of para-hydroxylation sites is 8. The summed E-state index contributed by atoms with van der Waals surface area (Å²) in [6.45, 7) is 0. The highest BCUT2D eigenvalue weighted by atomic mass is 19.4. The molecule has 0 spiro atoms. The second kappa shape index (κ2) is 21.2. The number of nitrogens with zero attached hydrogens (tertiary/aromatic N) is 7. The van der Waals surface area contributed by atoms with Gasteiger partial charge in [-0.05, 0) is 146 Å². The van der Waals surface area contributed by atoms with Crippen LogP contribution in [0.4, 0.5) is 13.2 Å². The predicted molar refractivity (Wildman–Crippen MR) is 406 cm³/mol. The molecule has 7 aromatic heterocycles. The van der Waals surface area contributed by atoms with Crippen molar-refractivity contribution in [2.24, 2.45) is 0 Å². The normalized spacial score (nSPS) is 12.3. The molecule has 0 atom stereocenters. The van der Waals surface area contributed by atoms with Crippen molar-refractivity contribution in [1.82, 2.24) is 32.4 Å². The Morgan fingerprint density at radius 1 is 0.210 bits per heavy atom. The van der Waals surface area contributed by atoms with Crippen molar-refractivity contribution in [3.05, 3.63) is 333 Å². The Morgan fingerprint density at radius 2 is 0.470 bits per heavy atom. The molecule has 0 aliphatic heterocycles. The Morgan fingerprint density at radius 3 is 0.770 bits per heavy atom. The number of rotatable bonds is 8. The minimum atomic E-state index is -4.85. The first-order valence-corrected chi connectivity index (χ1v) is 33.7. The molecule has 21 aromatic rings. The minimum absolute atomic E-state index is 0.0501. The lowest BCUT2D eigenvalue weighted by Crippen LogP contribution is -2.12. The van der Waals surface area contributed by atoms with Crippen molar-refractivity contribution in [3.63, 3.8) is 0 Å². The molecule has 0 fully saturated rings. The molecular weight excluding hydrogens is 1240 g/mol. The van der Waals surface area contributed by atoms with E-state index in [1.807, 2.05) is 42.5 Å². The Labute approximate surface area is 569 Å². The van der Waals surface area contributed by atoms with E-state index in [1.165, 1.54) is 6.07 Å². The summed E-state index contributed by atoms with van der Waals surface area (Å²) >= 11 is 0. The summed E-state index contributed by atoms with van der Waals surface area (Å²) in [5.41, 5.74) is 16.8. The van der Waals surface area contributed by atoms with Gasteiger partial charge in [-0.15, -0.1) is 0 Å². The largest absolute Gasteiger partial charge is 0.417 e. The third-order valence-electron chi connectivity index (χ3n) is 20.8. The van der Waals surface area contributed by atoms with E-state index in [4.69, 9.17) is 4.98 Å². The van der Waals surface area contributed by atoms with Gasteiger partial charge >= 0.3 is 6.18 Å². The van der Waals surface area contributed by atoms with Gasteiger partial charge in [0.25, 0.3) is 0 Å². The first kappa shape index (κ1) is 56.0. The third kappa shape index (κ3) is 8.13. The summed E-state index contributed by atoms with van der Waals surface area (Å²) < 4.78 is 64.8. The molecule has 0 N–H and O–H groups in total. The van der Waals surface area contributed by atoms with Crippen molar-refractivity contribution in [1.29, 1.82) is 0 Å². The fourth-order valence-corrected chi connectivity index (χ4v) is 16.6. The molecule has 0 aliphatic rings.